The third-order valence-electron chi connectivity index (χ3n) is 2.79. The fourth-order valence-corrected chi connectivity index (χ4v) is 2.32. The molecule has 2 rings (SSSR count). The fraction of sp³-hybridized carbons (Fsp3) is 0.286. The highest BCUT2D eigenvalue weighted by Gasteiger charge is 2.12. The number of nitrogens with zero attached hydrogens (tertiary/aromatic N) is 2. The molecule has 0 spiro atoms. The van der Waals surface area contributed by atoms with Gasteiger partial charge in [-0.05, 0) is 37.6 Å². The van der Waals surface area contributed by atoms with Gasteiger partial charge in [0.2, 0.25) is 5.75 Å². The van der Waals surface area contributed by atoms with Crippen LogP contribution in [0.25, 0.3) is 0 Å². The molecule has 5 nitrogen and oxygen atoms in total. The van der Waals surface area contributed by atoms with Crippen molar-refractivity contribution < 1.29 is 4.74 Å². The zero-order valence-corrected chi connectivity index (χ0v) is 13.3. The number of methoxy groups -OCH3 is 1. The van der Waals surface area contributed by atoms with Gasteiger partial charge in [0.15, 0.2) is 11.6 Å². The van der Waals surface area contributed by atoms with Crippen LogP contribution in [0.2, 0.25) is 0 Å². The van der Waals surface area contributed by atoms with Gasteiger partial charge >= 0.3 is 0 Å². The highest BCUT2D eigenvalue weighted by Crippen LogP contribution is 2.32. The Bertz CT molecular complexity index is 604. The van der Waals surface area contributed by atoms with E-state index < -0.39 is 0 Å². The Hall–Kier alpha value is -1.82. The number of halogens is 1. The number of hydrogen-bond acceptors (Lipinski definition) is 5. The Labute approximate surface area is 126 Å². The first kappa shape index (κ1) is 14.6. The molecule has 2 N–H and O–H groups in total. The second kappa shape index (κ2) is 6.56. The van der Waals surface area contributed by atoms with Gasteiger partial charge in [-0.1, -0.05) is 15.9 Å². The standard InChI is InChI=1S/C14H17BrN4O/c1-4-16-13-12(20-3)14(18-8-17-13)19-11-6-5-10(15)7-9(11)2/h5-8H,4H2,1-3H3,(H2,16,17,18,19). The van der Waals surface area contributed by atoms with E-state index in [0.29, 0.717) is 17.4 Å². The summed E-state index contributed by atoms with van der Waals surface area (Å²) in [6, 6.07) is 6.02. The van der Waals surface area contributed by atoms with E-state index in [0.717, 1.165) is 22.3 Å². The minimum absolute atomic E-state index is 0.608. The zero-order chi connectivity index (χ0) is 14.5. The largest absolute Gasteiger partial charge is 0.490 e. The lowest BCUT2D eigenvalue weighted by Crippen LogP contribution is -2.06. The molecule has 1 aromatic heterocycles. The Balaban J connectivity index is 2.35. The summed E-state index contributed by atoms with van der Waals surface area (Å²) in [5.41, 5.74) is 2.10. The van der Waals surface area contributed by atoms with Gasteiger partial charge in [-0.25, -0.2) is 9.97 Å². The first-order chi connectivity index (χ1) is 9.65. The smallest absolute Gasteiger partial charge is 0.204 e. The van der Waals surface area contributed by atoms with E-state index in [4.69, 9.17) is 4.74 Å². The predicted molar refractivity (Wildman–Crippen MR) is 84.9 cm³/mol. The Kier molecular flexibility index (Phi) is 4.79. The molecule has 0 amide bonds. The van der Waals surface area contributed by atoms with E-state index >= 15 is 0 Å². The molecule has 0 radical (unpaired) electrons. The number of ether oxygens (including phenoxy) is 1. The van der Waals surface area contributed by atoms with E-state index in [-0.39, 0.29) is 0 Å². The van der Waals surface area contributed by atoms with Crippen LogP contribution in [0.5, 0.6) is 5.75 Å². The number of aryl methyl sites for hydroxylation is 1. The van der Waals surface area contributed by atoms with Crippen molar-refractivity contribution in [2.75, 3.05) is 24.3 Å². The molecule has 106 valence electrons. The van der Waals surface area contributed by atoms with Crippen LogP contribution >= 0.6 is 15.9 Å². The third-order valence-corrected chi connectivity index (χ3v) is 3.29. The molecule has 0 fully saturated rings. The first-order valence-electron chi connectivity index (χ1n) is 6.31. The van der Waals surface area contributed by atoms with Gasteiger partial charge in [0.1, 0.15) is 6.33 Å². The Morgan fingerprint density at radius 3 is 2.65 bits per heavy atom. The third kappa shape index (κ3) is 3.19. The summed E-state index contributed by atoms with van der Waals surface area (Å²) in [6.07, 6.45) is 1.51. The predicted octanol–water partition coefficient (Wildman–Crippen LogP) is 3.73. The monoisotopic (exact) mass is 336 g/mol. The minimum Gasteiger partial charge on any atom is -0.490 e. The zero-order valence-electron chi connectivity index (χ0n) is 11.7. The summed E-state index contributed by atoms with van der Waals surface area (Å²) in [5.74, 6) is 1.93. The molecular weight excluding hydrogens is 320 g/mol. The van der Waals surface area contributed by atoms with Crippen molar-refractivity contribution in [3.63, 3.8) is 0 Å². The molecule has 20 heavy (non-hydrogen) atoms. The van der Waals surface area contributed by atoms with E-state index in [2.05, 4.69) is 36.5 Å². The molecule has 0 aliphatic heterocycles. The lowest BCUT2D eigenvalue weighted by Gasteiger charge is -2.14. The lowest BCUT2D eigenvalue weighted by molar-refractivity contribution is 0.415. The van der Waals surface area contributed by atoms with Crippen LogP contribution in [-0.4, -0.2) is 23.6 Å². The van der Waals surface area contributed by atoms with Crippen LogP contribution in [0.15, 0.2) is 29.0 Å². The van der Waals surface area contributed by atoms with Gasteiger partial charge in [-0.2, -0.15) is 0 Å². The highest BCUT2D eigenvalue weighted by molar-refractivity contribution is 9.10. The van der Waals surface area contributed by atoms with Gasteiger partial charge in [-0.15, -0.1) is 0 Å². The molecule has 0 bridgehead atoms. The fourth-order valence-electron chi connectivity index (χ4n) is 1.84. The van der Waals surface area contributed by atoms with Crippen LogP contribution in [0.4, 0.5) is 17.3 Å². The molecule has 1 heterocycles. The summed E-state index contributed by atoms with van der Waals surface area (Å²) in [7, 11) is 1.61. The number of nitrogens with one attached hydrogen (secondary N) is 2. The molecule has 0 aliphatic rings. The number of rotatable bonds is 5. The topological polar surface area (TPSA) is 59.1 Å². The molecule has 6 heteroatoms. The average molecular weight is 337 g/mol. The summed E-state index contributed by atoms with van der Waals surface area (Å²) in [4.78, 5) is 8.44. The molecule has 0 saturated heterocycles. The van der Waals surface area contributed by atoms with Crippen LogP contribution in [0.1, 0.15) is 12.5 Å². The number of anilines is 3. The molecule has 0 unspecified atom stereocenters. The second-order valence-corrected chi connectivity index (χ2v) is 5.13. The Morgan fingerprint density at radius 2 is 2.00 bits per heavy atom. The maximum atomic E-state index is 5.41. The molecule has 0 saturated carbocycles. The van der Waals surface area contributed by atoms with Crippen molar-refractivity contribution in [2.24, 2.45) is 0 Å². The lowest BCUT2D eigenvalue weighted by atomic mass is 10.2. The van der Waals surface area contributed by atoms with Crippen molar-refractivity contribution in [2.45, 2.75) is 13.8 Å². The minimum atomic E-state index is 0.608. The first-order valence-corrected chi connectivity index (χ1v) is 7.11. The van der Waals surface area contributed by atoms with Crippen molar-refractivity contribution in [3.8, 4) is 5.75 Å². The van der Waals surface area contributed by atoms with E-state index in [9.17, 15) is 0 Å². The number of benzene rings is 1. The SMILES string of the molecule is CCNc1ncnc(Nc2ccc(Br)cc2C)c1OC. The maximum absolute atomic E-state index is 5.41. The highest BCUT2D eigenvalue weighted by atomic mass is 79.9. The van der Waals surface area contributed by atoms with Crippen LogP contribution in [0, 0.1) is 6.92 Å². The number of hydrogen-bond donors (Lipinski definition) is 2. The normalized spacial score (nSPS) is 10.2. The average Bonchev–Trinajstić information content (AvgIpc) is 2.42. The quantitative estimate of drug-likeness (QED) is 0.871. The summed E-state index contributed by atoms with van der Waals surface area (Å²) in [5, 5.41) is 6.43. The van der Waals surface area contributed by atoms with Crippen molar-refractivity contribution in [1.82, 2.24) is 9.97 Å². The molecule has 1 aromatic carbocycles. The molecular formula is C14H17BrN4O. The van der Waals surface area contributed by atoms with E-state index in [1.165, 1.54) is 6.33 Å². The summed E-state index contributed by atoms with van der Waals surface area (Å²) < 4.78 is 6.45. The van der Waals surface area contributed by atoms with Crippen LogP contribution in [-0.2, 0) is 0 Å². The van der Waals surface area contributed by atoms with Crippen LogP contribution < -0.4 is 15.4 Å². The van der Waals surface area contributed by atoms with Gasteiger partial charge in [-0.3, -0.25) is 0 Å². The van der Waals surface area contributed by atoms with E-state index in [1.54, 1.807) is 7.11 Å². The van der Waals surface area contributed by atoms with Gasteiger partial charge in [0.25, 0.3) is 0 Å². The maximum Gasteiger partial charge on any atom is 0.204 e. The molecule has 0 atom stereocenters. The van der Waals surface area contributed by atoms with E-state index in [1.807, 2.05) is 32.0 Å². The summed E-state index contributed by atoms with van der Waals surface area (Å²) >= 11 is 3.45. The number of aromatic nitrogens is 2. The van der Waals surface area contributed by atoms with Crippen molar-refractivity contribution in [3.05, 3.63) is 34.6 Å². The molecule has 0 aliphatic carbocycles. The van der Waals surface area contributed by atoms with Crippen molar-refractivity contribution >= 4 is 33.3 Å². The Morgan fingerprint density at radius 1 is 1.25 bits per heavy atom. The summed E-state index contributed by atoms with van der Waals surface area (Å²) in [6.45, 7) is 4.81. The second-order valence-electron chi connectivity index (χ2n) is 4.22. The van der Waals surface area contributed by atoms with Gasteiger partial charge < -0.3 is 15.4 Å². The van der Waals surface area contributed by atoms with Gasteiger partial charge in [0.05, 0.1) is 7.11 Å². The molecule has 2 aromatic rings. The van der Waals surface area contributed by atoms with Crippen molar-refractivity contribution in [1.29, 1.82) is 0 Å². The van der Waals surface area contributed by atoms with Crippen LogP contribution in [0.3, 0.4) is 0 Å². The van der Waals surface area contributed by atoms with Gasteiger partial charge in [0, 0.05) is 16.7 Å².